The van der Waals surface area contributed by atoms with E-state index in [0.29, 0.717) is 56.0 Å². The fourth-order valence-electron chi connectivity index (χ4n) is 6.06. The first-order chi connectivity index (χ1) is 25.1. The van der Waals surface area contributed by atoms with E-state index in [2.05, 4.69) is 17.0 Å². The zero-order valence-corrected chi connectivity index (χ0v) is 32.7. The Morgan fingerprint density at radius 1 is 1.06 bits per heavy atom. The van der Waals surface area contributed by atoms with Crippen molar-refractivity contribution in [3.63, 3.8) is 0 Å². The second-order valence-corrected chi connectivity index (χ2v) is 15.0. The lowest BCUT2D eigenvalue weighted by atomic mass is 9.96. The number of carboxylic acid groups (broad SMARTS) is 1. The second kappa shape index (κ2) is 19.6. The van der Waals surface area contributed by atoms with Gasteiger partial charge in [0.1, 0.15) is 52.0 Å². The number of ether oxygens (including phenoxy) is 1. The minimum atomic E-state index is -1.07. The van der Waals surface area contributed by atoms with Crippen molar-refractivity contribution in [1.82, 2.24) is 14.9 Å². The van der Waals surface area contributed by atoms with Crippen molar-refractivity contribution in [2.45, 2.75) is 56.4 Å². The molecule has 0 aliphatic carbocycles. The van der Waals surface area contributed by atoms with Crippen LogP contribution in [0, 0.1) is 28.6 Å². The van der Waals surface area contributed by atoms with Gasteiger partial charge in [-0.3, -0.25) is 4.79 Å². The van der Waals surface area contributed by atoms with E-state index in [1.54, 1.807) is 24.3 Å². The van der Waals surface area contributed by atoms with Gasteiger partial charge in [-0.2, -0.15) is 10.5 Å². The van der Waals surface area contributed by atoms with E-state index in [9.17, 15) is 25.2 Å². The summed E-state index contributed by atoms with van der Waals surface area (Å²) in [7, 11) is 0. The van der Waals surface area contributed by atoms with Crippen molar-refractivity contribution in [2.75, 3.05) is 37.7 Å². The van der Waals surface area contributed by atoms with Gasteiger partial charge in [0.15, 0.2) is 0 Å². The molecule has 11 nitrogen and oxygen atoms in total. The SMILES string of the molecule is CC(C)C[C@@H](C(=O)O)N(CCOc1ccc(-c2c(C#N)c(SCc3csc(-c4ccc(Cl)cc4)n3)nc(N3CCCC3)c2C#N)cc1)C(=O)CCN.Cl. The van der Waals surface area contributed by atoms with E-state index >= 15 is 0 Å². The summed E-state index contributed by atoms with van der Waals surface area (Å²) >= 11 is 9.01. The van der Waals surface area contributed by atoms with Gasteiger partial charge >= 0.3 is 5.97 Å². The van der Waals surface area contributed by atoms with Crippen LogP contribution in [-0.2, 0) is 15.3 Å². The van der Waals surface area contributed by atoms with Crippen molar-refractivity contribution >= 4 is 64.8 Å². The third kappa shape index (κ3) is 10.4. The highest BCUT2D eigenvalue weighted by Crippen LogP contribution is 2.40. The lowest BCUT2D eigenvalue weighted by molar-refractivity contribution is -0.151. The Bertz CT molecular complexity index is 1960. The van der Waals surface area contributed by atoms with Gasteiger partial charge in [-0.05, 0) is 55.0 Å². The number of hydrogen-bond donors (Lipinski definition) is 2. The average molecular weight is 795 g/mol. The van der Waals surface area contributed by atoms with Crippen molar-refractivity contribution in [1.29, 1.82) is 10.5 Å². The molecule has 0 spiro atoms. The van der Waals surface area contributed by atoms with Gasteiger partial charge in [-0.25, -0.2) is 14.8 Å². The summed E-state index contributed by atoms with van der Waals surface area (Å²) in [6, 6.07) is 18.3. The minimum Gasteiger partial charge on any atom is -0.492 e. The van der Waals surface area contributed by atoms with Crippen LogP contribution in [0.5, 0.6) is 5.75 Å². The molecule has 0 radical (unpaired) electrons. The number of nitrogens with zero attached hydrogens (tertiary/aromatic N) is 6. The van der Waals surface area contributed by atoms with Crippen molar-refractivity contribution in [3.8, 4) is 39.6 Å². The fraction of sp³-hybridized carbons (Fsp3) is 0.368. The van der Waals surface area contributed by atoms with Gasteiger partial charge in [-0.1, -0.05) is 61.5 Å². The van der Waals surface area contributed by atoms with Crippen LogP contribution in [0.4, 0.5) is 5.82 Å². The first-order valence-corrected chi connectivity index (χ1v) is 19.3. The van der Waals surface area contributed by atoms with Gasteiger partial charge in [-0.15, -0.1) is 23.7 Å². The number of pyridine rings is 1. The van der Waals surface area contributed by atoms with Crippen LogP contribution in [-0.4, -0.2) is 70.7 Å². The molecule has 2 aromatic carbocycles. The lowest BCUT2D eigenvalue weighted by Gasteiger charge is -2.30. The molecule has 3 heterocycles. The highest BCUT2D eigenvalue weighted by Gasteiger charge is 2.30. The summed E-state index contributed by atoms with van der Waals surface area (Å²) in [5.41, 5.74) is 9.25. The molecule has 1 amide bonds. The smallest absolute Gasteiger partial charge is 0.326 e. The highest BCUT2D eigenvalue weighted by atomic mass is 35.5. The number of benzene rings is 2. The number of thiazole rings is 1. The van der Waals surface area contributed by atoms with Crippen LogP contribution < -0.4 is 15.4 Å². The Labute approximate surface area is 329 Å². The van der Waals surface area contributed by atoms with Crippen LogP contribution in [0.2, 0.25) is 5.02 Å². The third-order valence-electron chi connectivity index (χ3n) is 8.55. The highest BCUT2D eigenvalue weighted by molar-refractivity contribution is 7.98. The molecule has 0 unspecified atom stereocenters. The van der Waals surface area contributed by atoms with Crippen molar-refractivity contribution < 1.29 is 19.4 Å². The Morgan fingerprint density at radius 3 is 2.32 bits per heavy atom. The Balaban J connectivity index is 0.00000627. The van der Waals surface area contributed by atoms with E-state index in [1.165, 1.54) is 28.0 Å². The summed E-state index contributed by atoms with van der Waals surface area (Å²) in [6.45, 7) is 5.62. The van der Waals surface area contributed by atoms with Crippen LogP contribution in [0.3, 0.4) is 0 Å². The molecule has 1 aliphatic heterocycles. The predicted molar refractivity (Wildman–Crippen MR) is 212 cm³/mol. The maximum Gasteiger partial charge on any atom is 0.326 e. The van der Waals surface area contributed by atoms with E-state index in [-0.39, 0.29) is 50.3 Å². The van der Waals surface area contributed by atoms with E-state index in [4.69, 9.17) is 32.0 Å². The monoisotopic (exact) mass is 793 g/mol. The molecule has 3 N–H and O–H groups in total. The number of hydrogen-bond acceptors (Lipinski definition) is 11. The second-order valence-electron chi connectivity index (χ2n) is 12.7. The number of carboxylic acids is 1. The number of aliphatic carboxylic acids is 1. The summed E-state index contributed by atoms with van der Waals surface area (Å²) in [5.74, 6) is 0.202. The molecular formula is C38H41Cl2N7O4S2. The number of aromatic nitrogens is 2. The Morgan fingerprint density at radius 2 is 1.72 bits per heavy atom. The van der Waals surface area contributed by atoms with Gasteiger partial charge in [0, 0.05) is 53.3 Å². The van der Waals surface area contributed by atoms with Crippen LogP contribution in [0.15, 0.2) is 58.9 Å². The normalized spacial score (nSPS) is 12.8. The number of thioether (sulfide) groups is 1. The largest absolute Gasteiger partial charge is 0.492 e. The third-order valence-corrected chi connectivity index (χ3v) is 10.8. The molecule has 53 heavy (non-hydrogen) atoms. The maximum absolute atomic E-state index is 12.8. The molecule has 1 aliphatic rings. The topological polar surface area (TPSA) is 169 Å². The van der Waals surface area contributed by atoms with Crippen LogP contribution in [0.25, 0.3) is 21.7 Å². The average Bonchev–Trinajstić information content (AvgIpc) is 3.85. The van der Waals surface area contributed by atoms with Gasteiger partial charge in [0.05, 0.1) is 17.8 Å². The molecule has 4 aromatic rings. The molecule has 0 saturated carbocycles. The Hall–Kier alpha value is -4.37. The molecule has 15 heteroatoms. The Kier molecular flexibility index (Phi) is 15.3. The number of amides is 1. The summed E-state index contributed by atoms with van der Waals surface area (Å²) in [5, 5.41) is 34.9. The summed E-state index contributed by atoms with van der Waals surface area (Å²) in [4.78, 5) is 38.1. The van der Waals surface area contributed by atoms with Gasteiger partial charge in [0.2, 0.25) is 5.91 Å². The number of halogens is 2. The van der Waals surface area contributed by atoms with Gasteiger partial charge < -0.3 is 25.4 Å². The van der Waals surface area contributed by atoms with E-state index in [0.717, 1.165) is 42.2 Å². The summed E-state index contributed by atoms with van der Waals surface area (Å²) in [6.07, 6.45) is 2.33. The quantitative estimate of drug-likeness (QED) is 0.107. The fourth-order valence-corrected chi connectivity index (χ4v) is 7.99. The first kappa shape index (κ1) is 41.4. The number of carbonyl (C=O) groups excluding carboxylic acids is 1. The molecule has 2 aromatic heterocycles. The zero-order valence-electron chi connectivity index (χ0n) is 29.5. The maximum atomic E-state index is 12.8. The molecule has 1 fully saturated rings. The molecule has 1 atom stereocenters. The molecule has 1 saturated heterocycles. The number of rotatable bonds is 16. The van der Waals surface area contributed by atoms with Crippen molar-refractivity contribution in [3.05, 3.63) is 75.8 Å². The minimum absolute atomic E-state index is 0. The first-order valence-electron chi connectivity index (χ1n) is 17.0. The van der Waals surface area contributed by atoms with Crippen molar-refractivity contribution in [2.24, 2.45) is 11.7 Å². The molecule has 278 valence electrons. The number of nitrogens with two attached hydrogens (primary N) is 1. The van der Waals surface area contributed by atoms with Gasteiger partial charge in [0.25, 0.3) is 0 Å². The summed E-state index contributed by atoms with van der Waals surface area (Å²) < 4.78 is 5.97. The number of anilines is 1. The van der Waals surface area contributed by atoms with Crippen LogP contribution >= 0.6 is 47.1 Å². The number of nitriles is 2. The lowest BCUT2D eigenvalue weighted by Crippen LogP contribution is -2.48. The zero-order chi connectivity index (χ0) is 37.2. The number of carbonyl (C=O) groups is 2. The van der Waals surface area contributed by atoms with E-state index in [1.807, 2.05) is 43.5 Å². The van der Waals surface area contributed by atoms with E-state index < -0.39 is 12.0 Å². The molecule has 5 rings (SSSR count). The predicted octanol–water partition coefficient (Wildman–Crippen LogP) is 7.64. The molecule has 0 bridgehead atoms. The van der Waals surface area contributed by atoms with Crippen LogP contribution in [0.1, 0.15) is 56.4 Å². The molecular weight excluding hydrogens is 754 g/mol. The standard InChI is InChI=1S/C38H40ClN7O4S2.ClH/c1-24(2)19-32(38(48)49)46(33(47)13-14-40)17-18-50-29-11-7-25(8-12-29)34-30(20-41)35(45-15-3-4-16-45)44-37(31(34)21-42)52-23-28-22-51-36(43-28)26-5-9-27(39)10-6-26;/h5-12,22,24,32H,3-4,13-19,23,40H2,1-2H3,(H,48,49);1H/t32-;/m0./s1.